The molecule has 0 bridgehead atoms. The molecular weight excluding hydrogens is 240 g/mol. The molecule has 0 amide bonds. The first-order valence-electron chi connectivity index (χ1n) is 6.42. The zero-order valence-corrected chi connectivity index (χ0v) is 11.5. The lowest BCUT2D eigenvalue weighted by molar-refractivity contribution is 0.278. The predicted octanol–water partition coefficient (Wildman–Crippen LogP) is 3.41. The van der Waals surface area contributed by atoms with Gasteiger partial charge in [-0.2, -0.15) is 0 Å². The third kappa shape index (κ3) is 2.28. The molecule has 2 N–H and O–H groups in total. The van der Waals surface area contributed by atoms with E-state index in [0.717, 1.165) is 31.7 Å². The molecule has 1 aliphatic rings. The molecule has 0 saturated carbocycles. The first kappa shape index (κ1) is 11.8. The van der Waals surface area contributed by atoms with Crippen LogP contribution in [0.15, 0.2) is 30.3 Å². The summed E-state index contributed by atoms with van der Waals surface area (Å²) in [5, 5.41) is 0. The van der Waals surface area contributed by atoms with Crippen molar-refractivity contribution in [3.63, 3.8) is 0 Å². The number of rotatable bonds is 3. The Morgan fingerprint density at radius 1 is 1.11 bits per heavy atom. The van der Waals surface area contributed by atoms with Crippen molar-refractivity contribution in [1.29, 1.82) is 0 Å². The van der Waals surface area contributed by atoms with Gasteiger partial charge in [0.1, 0.15) is 0 Å². The van der Waals surface area contributed by atoms with E-state index in [1.807, 2.05) is 17.4 Å². The van der Waals surface area contributed by atoms with Crippen LogP contribution in [0.2, 0.25) is 0 Å². The summed E-state index contributed by atoms with van der Waals surface area (Å²) in [4.78, 5) is 5.42. The average Bonchev–Trinajstić information content (AvgIpc) is 2.95. The normalized spacial score (nSPS) is 14.9. The number of hydrogen-bond acceptors (Lipinski definition) is 3. The Morgan fingerprint density at radius 3 is 2.67 bits per heavy atom. The molecule has 0 saturated heterocycles. The topological polar surface area (TPSA) is 29.3 Å². The van der Waals surface area contributed by atoms with E-state index in [1.54, 1.807) is 0 Å². The molecule has 1 aromatic heterocycles. The molecule has 0 spiro atoms. The van der Waals surface area contributed by atoms with Crippen molar-refractivity contribution in [2.45, 2.75) is 33.0 Å². The minimum absolute atomic E-state index is 0.875. The van der Waals surface area contributed by atoms with Gasteiger partial charge in [-0.05, 0) is 41.8 Å². The highest BCUT2D eigenvalue weighted by molar-refractivity contribution is 7.11. The predicted molar refractivity (Wildman–Crippen MR) is 77.5 cm³/mol. The Morgan fingerprint density at radius 2 is 1.89 bits per heavy atom. The number of hydrogen-bond donors (Lipinski definition) is 1. The molecule has 2 nitrogen and oxygen atoms in total. The van der Waals surface area contributed by atoms with Gasteiger partial charge in [0.05, 0.1) is 0 Å². The van der Waals surface area contributed by atoms with Crippen LogP contribution in [0.1, 0.15) is 27.8 Å². The van der Waals surface area contributed by atoms with Gasteiger partial charge in [-0.25, -0.2) is 0 Å². The number of nitrogens with two attached hydrogens (primary N) is 1. The Labute approximate surface area is 112 Å². The maximum absolute atomic E-state index is 5.83. The van der Waals surface area contributed by atoms with Crippen molar-refractivity contribution >= 4 is 17.0 Å². The van der Waals surface area contributed by atoms with Gasteiger partial charge in [0.2, 0.25) is 0 Å². The van der Waals surface area contributed by atoms with E-state index in [-0.39, 0.29) is 0 Å². The number of aryl methyl sites for hydroxylation is 1. The second kappa shape index (κ2) is 4.75. The number of anilines is 1. The fourth-order valence-corrected chi connectivity index (χ4v) is 3.51. The lowest BCUT2D eigenvalue weighted by Crippen LogP contribution is -2.14. The van der Waals surface area contributed by atoms with E-state index < -0.39 is 0 Å². The summed E-state index contributed by atoms with van der Waals surface area (Å²) in [7, 11) is 0. The standard InChI is InChI=1S/C15H18N2S/c1-2-14-5-6-15(18-14)10-17-8-11-3-4-13(16)7-12(11)9-17/h3-7H,2,8-10,16H2,1H3. The van der Waals surface area contributed by atoms with E-state index in [2.05, 4.69) is 36.1 Å². The maximum Gasteiger partial charge on any atom is 0.0335 e. The van der Waals surface area contributed by atoms with E-state index in [0.29, 0.717) is 0 Å². The molecule has 3 heteroatoms. The molecule has 0 unspecified atom stereocenters. The molecule has 1 aliphatic heterocycles. The fourth-order valence-electron chi connectivity index (χ4n) is 2.51. The number of fused-ring (bicyclic) bond motifs is 1. The van der Waals surface area contributed by atoms with Gasteiger partial charge in [-0.3, -0.25) is 4.90 Å². The summed E-state index contributed by atoms with van der Waals surface area (Å²) in [6.07, 6.45) is 1.14. The van der Waals surface area contributed by atoms with Crippen LogP contribution in [0, 0.1) is 0 Å². The lowest BCUT2D eigenvalue weighted by atomic mass is 10.1. The Kier molecular flexibility index (Phi) is 3.10. The van der Waals surface area contributed by atoms with Crippen LogP contribution in [0.5, 0.6) is 0 Å². The van der Waals surface area contributed by atoms with Gasteiger partial charge in [0, 0.05) is 35.1 Å². The molecular formula is C15H18N2S. The second-order valence-corrected chi connectivity index (χ2v) is 6.15. The first-order valence-corrected chi connectivity index (χ1v) is 7.23. The van der Waals surface area contributed by atoms with Gasteiger partial charge in [0.25, 0.3) is 0 Å². The average molecular weight is 258 g/mol. The smallest absolute Gasteiger partial charge is 0.0335 e. The summed E-state index contributed by atoms with van der Waals surface area (Å²) in [6.45, 7) is 5.35. The number of nitrogen functional groups attached to an aromatic ring is 1. The third-order valence-electron chi connectivity index (χ3n) is 3.46. The number of nitrogens with zero attached hydrogens (tertiary/aromatic N) is 1. The molecule has 94 valence electrons. The van der Waals surface area contributed by atoms with E-state index >= 15 is 0 Å². The maximum atomic E-state index is 5.83. The van der Waals surface area contributed by atoms with Crippen LogP contribution in [0.4, 0.5) is 5.69 Å². The zero-order valence-electron chi connectivity index (χ0n) is 10.6. The Bertz CT molecular complexity index is 559. The minimum atomic E-state index is 0.875. The van der Waals surface area contributed by atoms with Gasteiger partial charge < -0.3 is 5.73 Å². The second-order valence-electron chi connectivity index (χ2n) is 4.89. The summed E-state index contributed by atoms with van der Waals surface area (Å²) in [6, 6.07) is 10.8. The SMILES string of the molecule is CCc1ccc(CN2Cc3ccc(N)cc3C2)s1. The van der Waals surface area contributed by atoms with Crippen LogP contribution in [0.3, 0.4) is 0 Å². The number of benzene rings is 1. The molecule has 0 radical (unpaired) electrons. The highest BCUT2D eigenvalue weighted by atomic mass is 32.1. The molecule has 1 aromatic carbocycles. The first-order chi connectivity index (χ1) is 8.74. The lowest BCUT2D eigenvalue weighted by Gasteiger charge is -2.12. The quantitative estimate of drug-likeness (QED) is 0.855. The fraction of sp³-hybridized carbons (Fsp3) is 0.333. The molecule has 18 heavy (non-hydrogen) atoms. The van der Waals surface area contributed by atoms with E-state index in [9.17, 15) is 0 Å². The van der Waals surface area contributed by atoms with Crippen LogP contribution >= 0.6 is 11.3 Å². The molecule has 0 atom stereocenters. The Hall–Kier alpha value is -1.32. The summed E-state index contributed by atoms with van der Waals surface area (Å²) in [5.74, 6) is 0. The van der Waals surface area contributed by atoms with Crippen molar-refractivity contribution in [1.82, 2.24) is 4.90 Å². The van der Waals surface area contributed by atoms with Gasteiger partial charge in [0.15, 0.2) is 0 Å². The van der Waals surface area contributed by atoms with Crippen molar-refractivity contribution in [2.24, 2.45) is 0 Å². The van der Waals surface area contributed by atoms with Crippen LogP contribution in [0.25, 0.3) is 0 Å². The minimum Gasteiger partial charge on any atom is -0.399 e. The van der Waals surface area contributed by atoms with Gasteiger partial charge in [-0.15, -0.1) is 11.3 Å². The largest absolute Gasteiger partial charge is 0.399 e. The van der Waals surface area contributed by atoms with Crippen molar-refractivity contribution in [3.05, 3.63) is 51.2 Å². The van der Waals surface area contributed by atoms with Crippen LogP contribution < -0.4 is 5.73 Å². The highest BCUT2D eigenvalue weighted by Crippen LogP contribution is 2.27. The summed E-state index contributed by atoms with van der Waals surface area (Å²) < 4.78 is 0. The van der Waals surface area contributed by atoms with Crippen molar-refractivity contribution in [3.8, 4) is 0 Å². The van der Waals surface area contributed by atoms with Gasteiger partial charge >= 0.3 is 0 Å². The van der Waals surface area contributed by atoms with E-state index in [4.69, 9.17) is 5.73 Å². The number of thiophene rings is 1. The zero-order chi connectivity index (χ0) is 12.5. The monoisotopic (exact) mass is 258 g/mol. The third-order valence-corrected chi connectivity index (χ3v) is 4.68. The van der Waals surface area contributed by atoms with Crippen molar-refractivity contribution < 1.29 is 0 Å². The molecule has 0 aliphatic carbocycles. The summed E-state index contributed by atoms with van der Waals surface area (Å²) in [5.41, 5.74) is 9.53. The molecule has 2 aromatic rings. The van der Waals surface area contributed by atoms with Crippen LogP contribution in [-0.2, 0) is 26.1 Å². The molecule has 3 rings (SSSR count). The van der Waals surface area contributed by atoms with Crippen LogP contribution in [-0.4, -0.2) is 4.90 Å². The highest BCUT2D eigenvalue weighted by Gasteiger charge is 2.19. The summed E-state index contributed by atoms with van der Waals surface area (Å²) >= 11 is 1.94. The Balaban J connectivity index is 1.70. The van der Waals surface area contributed by atoms with Gasteiger partial charge in [-0.1, -0.05) is 13.0 Å². The van der Waals surface area contributed by atoms with E-state index in [1.165, 1.54) is 20.9 Å². The van der Waals surface area contributed by atoms with Crippen molar-refractivity contribution in [2.75, 3.05) is 5.73 Å². The molecule has 0 fully saturated rings. The molecule has 2 heterocycles.